The molecular formula is C12H26N4O. The molecule has 0 spiro atoms. The number of nitrogens with zero attached hydrogens (tertiary/aromatic N) is 2. The number of nitrogens with one attached hydrogen (secondary N) is 1. The van der Waals surface area contributed by atoms with E-state index in [0.717, 1.165) is 45.6 Å². The molecule has 0 aliphatic carbocycles. The third-order valence-electron chi connectivity index (χ3n) is 3.26. The molecule has 0 aromatic heterocycles. The van der Waals surface area contributed by atoms with Crippen LogP contribution in [-0.4, -0.2) is 68.1 Å². The van der Waals surface area contributed by atoms with Gasteiger partial charge in [0.25, 0.3) is 0 Å². The zero-order valence-electron chi connectivity index (χ0n) is 11.1. The molecule has 5 nitrogen and oxygen atoms in total. The molecule has 1 atom stereocenters. The number of likely N-dealkylation sites (N-methyl/N-ethyl adjacent to an activating group) is 1. The highest BCUT2D eigenvalue weighted by Gasteiger charge is 2.15. The lowest BCUT2D eigenvalue weighted by molar-refractivity contribution is -0.122. The first-order chi connectivity index (χ1) is 8.13. The van der Waals surface area contributed by atoms with E-state index in [1.54, 1.807) is 0 Å². The molecule has 0 aromatic carbocycles. The highest BCUT2D eigenvalue weighted by molar-refractivity contribution is 5.81. The third kappa shape index (κ3) is 5.48. The van der Waals surface area contributed by atoms with Crippen molar-refractivity contribution >= 4 is 5.91 Å². The minimum atomic E-state index is -0.340. The monoisotopic (exact) mass is 242 g/mol. The maximum Gasteiger partial charge on any atom is 0.236 e. The molecule has 100 valence electrons. The molecular weight excluding hydrogens is 216 g/mol. The Labute approximate surface area is 104 Å². The maximum absolute atomic E-state index is 11.6. The number of carbonyl (C=O) groups excluding carboxylic acids is 1. The lowest BCUT2D eigenvalue weighted by Crippen LogP contribution is -2.48. The first-order valence-corrected chi connectivity index (χ1v) is 6.57. The van der Waals surface area contributed by atoms with Gasteiger partial charge in [0.1, 0.15) is 0 Å². The third-order valence-corrected chi connectivity index (χ3v) is 3.26. The second-order valence-corrected chi connectivity index (χ2v) is 4.83. The van der Waals surface area contributed by atoms with Crippen LogP contribution < -0.4 is 11.1 Å². The van der Waals surface area contributed by atoms with Crippen LogP contribution in [0, 0.1) is 0 Å². The summed E-state index contributed by atoms with van der Waals surface area (Å²) in [5, 5.41) is 2.91. The zero-order valence-corrected chi connectivity index (χ0v) is 11.1. The van der Waals surface area contributed by atoms with Crippen molar-refractivity contribution in [3.63, 3.8) is 0 Å². The number of rotatable bonds is 6. The standard InChI is InChI=1S/C12H26N4O/c1-3-4-11(13)12(17)14-5-6-16-9-7-15(2)8-10-16/h11H,3-10,13H2,1-2H3,(H,14,17)/t11-/m0/s1. The maximum atomic E-state index is 11.6. The van der Waals surface area contributed by atoms with E-state index in [2.05, 4.69) is 22.2 Å². The number of carbonyl (C=O) groups is 1. The Morgan fingerprint density at radius 2 is 2.00 bits per heavy atom. The Morgan fingerprint density at radius 3 is 2.59 bits per heavy atom. The second kappa shape index (κ2) is 7.63. The van der Waals surface area contributed by atoms with E-state index >= 15 is 0 Å². The van der Waals surface area contributed by atoms with Crippen LogP contribution in [0.4, 0.5) is 0 Å². The highest BCUT2D eigenvalue weighted by Crippen LogP contribution is 1.98. The highest BCUT2D eigenvalue weighted by atomic mass is 16.2. The average molecular weight is 242 g/mol. The Hall–Kier alpha value is -0.650. The lowest BCUT2D eigenvalue weighted by Gasteiger charge is -2.32. The fourth-order valence-corrected chi connectivity index (χ4v) is 1.98. The van der Waals surface area contributed by atoms with E-state index in [0.29, 0.717) is 6.54 Å². The van der Waals surface area contributed by atoms with Crippen molar-refractivity contribution in [2.75, 3.05) is 46.3 Å². The van der Waals surface area contributed by atoms with Gasteiger partial charge < -0.3 is 16.0 Å². The van der Waals surface area contributed by atoms with E-state index in [1.807, 2.05) is 6.92 Å². The molecule has 5 heteroatoms. The summed E-state index contributed by atoms with van der Waals surface area (Å²) in [4.78, 5) is 16.3. The SMILES string of the molecule is CCC[C@H](N)C(=O)NCCN1CCN(C)CC1. The summed E-state index contributed by atoms with van der Waals surface area (Å²) in [6.07, 6.45) is 1.72. The van der Waals surface area contributed by atoms with Crippen molar-refractivity contribution in [2.24, 2.45) is 5.73 Å². The summed E-state index contributed by atoms with van der Waals surface area (Å²) in [6.45, 7) is 8.09. The van der Waals surface area contributed by atoms with Crippen molar-refractivity contribution in [3.05, 3.63) is 0 Å². The van der Waals surface area contributed by atoms with Gasteiger partial charge >= 0.3 is 0 Å². The van der Waals surface area contributed by atoms with Crippen LogP contribution in [0.1, 0.15) is 19.8 Å². The lowest BCUT2D eigenvalue weighted by atomic mass is 10.2. The van der Waals surface area contributed by atoms with Crippen molar-refractivity contribution in [3.8, 4) is 0 Å². The van der Waals surface area contributed by atoms with Gasteiger partial charge in [0.15, 0.2) is 0 Å². The fourth-order valence-electron chi connectivity index (χ4n) is 1.98. The van der Waals surface area contributed by atoms with Crippen LogP contribution >= 0.6 is 0 Å². The molecule has 0 bridgehead atoms. The average Bonchev–Trinajstić information content (AvgIpc) is 2.32. The number of hydrogen-bond donors (Lipinski definition) is 2. The van der Waals surface area contributed by atoms with E-state index in [9.17, 15) is 4.79 Å². The summed E-state index contributed by atoms with van der Waals surface area (Å²) in [5.74, 6) is -0.0130. The Morgan fingerprint density at radius 1 is 1.35 bits per heavy atom. The summed E-state index contributed by atoms with van der Waals surface area (Å²) < 4.78 is 0. The van der Waals surface area contributed by atoms with Crippen molar-refractivity contribution in [1.82, 2.24) is 15.1 Å². The van der Waals surface area contributed by atoms with E-state index in [4.69, 9.17) is 5.73 Å². The predicted octanol–water partition coefficient (Wildman–Crippen LogP) is -0.523. The zero-order chi connectivity index (χ0) is 12.7. The first-order valence-electron chi connectivity index (χ1n) is 6.57. The molecule has 0 unspecified atom stereocenters. The normalized spacial score (nSPS) is 20.2. The topological polar surface area (TPSA) is 61.6 Å². The van der Waals surface area contributed by atoms with Crippen LogP contribution in [0.3, 0.4) is 0 Å². The summed E-state index contributed by atoms with van der Waals surface area (Å²) in [5.41, 5.74) is 5.73. The number of hydrogen-bond acceptors (Lipinski definition) is 4. The minimum absolute atomic E-state index is 0.0130. The molecule has 1 rings (SSSR count). The molecule has 1 fully saturated rings. The second-order valence-electron chi connectivity index (χ2n) is 4.83. The van der Waals surface area contributed by atoms with Gasteiger partial charge in [-0.2, -0.15) is 0 Å². The number of amides is 1. The van der Waals surface area contributed by atoms with Crippen LogP contribution in [0.25, 0.3) is 0 Å². The van der Waals surface area contributed by atoms with Gasteiger partial charge in [0.05, 0.1) is 6.04 Å². The molecule has 1 aliphatic heterocycles. The van der Waals surface area contributed by atoms with Crippen LogP contribution in [0.15, 0.2) is 0 Å². The van der Waals surface area contributed by atoms with Gasteiger partial charge in [-0.15, -0.1) is 0 Å². The van der Waals surface area contributed by atoms with Crippen LogP contribution in [-0.2, 0) is 4.79 Å². The number of piperazine rings is 1. The Kier molecular flexibility index (Phi) is 6.47. The van der Waals surface area contributed by atoms with Gasteiger partial charge in [-0.25, -0.2) is 0 Å². The van der Waals surface area contributed by atoms with Gasteiger partial charge in [-0.05, 0) is 13.5 Å². The number of nitrogens with two attached hydrogens (primary N) is 1. The fraction of sp³-hybridized carbons (Fsp3) is 0.917. The van der Waals surface area contributed by atoms with Gasteiger partial charge in [-0.1, -0.05) is 13.3 Å². The smallest absolute Gasteiger partial charge is 0.236 e. The van der Waals surface area contributed by atoms with E-state index < -0.39 is 0 Å². The van der Waals surface area contributed by atoms with E-state index in [-0.39, 0.29) is 11.9 Å². The molecule has 1 saturated heterocycles. The van der Waals surface area contributed by atoms with E-state index in [1.165, 1.54) is 0 Å². The van der Waals surface area contributed by atoms with Gasteiger partial charge in [0, 0.05) is 39.3 Å². The molecule has 0 radical (unpaired) electrons. The van der Waals surface area contributed by atoms with Gasteiger partial charge in [0.2, 0.25) is 5.91 Å². The van der Waals surface area contributed by atoms with Crippen molar-refractivity contribution < 1.29 is 4.79 Å². The van der Waals surface area contributed by atoms with Crippen LogP contribution in [0.5, 0.6) is 0 Å². The summed E-state index contributed by atoms with van der Waals surface area (Å²) >= 11 is 0. The molecule has 1 amide bonds. The summed E-state index contributed by atoms with van der Waals surface area (Å²) in [7, 11) is 2.14. The molecule has 3 N–H and O–H groups in total. The summed E-state index contributed by atoms with van der Waals surface area (Å²) in [6, 6.07) is -0.340. The molecule has 17 heavy (non-hydrogen) atoms. The quantitative estimate of drug-likeness (QED) is 0.658. The molecule has 1 aliphatic rings. The first kappa shape index (κ1) is 14.4. The van der Waals surface area contributed by atoms with Crippen molar-refractivity contribution in [1.29, 1.82) is 0 Å². The van der Waals surface area contributed by atoms with Crippen LogP contribution in [0.2, 0.25) is 0 Å². The Balaban J connectivity index is 2.09. The largest absolute Gasteiger partial charge is 0.353 e. The molecule has 0 aromatic rings. The van der Waals surface area contributed by atoms with Crippen molar-refractivity contribution in [2.45, 2.75) is 25.8 Å². The predicted molar refractivity (Wildman–Crippen MR) is 69.8 cm³/mol. The minimum Gasteiger partial charge on any atom is -0.353 e. The molecule has 1 heterocycles. The molecule has 0 saturated carbocycles. The Bertz CT molecular complexity index is 227. The van der Waals surface area contributed by atoms with Gasteiger partial charge in [-0.3, -0.25) is 9.69 Å².